The Bertz CT molecular complexity index is 746. The van der Waals surface area contributed by atoms with Gasteiger partial charge in [0.05, 0.1) is 4.90 Å². The average molecular weight is 385 g/mol. The molecule has 1 aromatic rings. The smallest absolute Gasteiger partial charge is 0.321 e. The first-order valence-electron chi connectivity index (χ1n) is 8.05. The van der Waals surface area contributed by atoms with E-state index >= 15 is 0 Å². The number of carbonyl (C=O) groups is 3. The van der Waals surface area contributed by atoms with Crippen molar-refractivity contribution in [3.8, 4) is 0 Å². The quantitative estimate of drug-likeness (QED) is 0.467. The summed E-state index contributed by atoms with van der Waals surface area (Å²) in [6.45, 7) is 3.68. The van der Waals surface area contributed by atoms with Crippen molar-refractivity contribution in [3.05, 3.63) is 24.3 Å². The van der Waals surface area contributed by atoms with E-state index < -0.39 is 22.0 Å². The highest BCUT2D eigenvalue weighted by Crippen LogP contribution is 2.15. The van der Waals surface area contributed by atoms with Gasteiger partial charge in [-0.05, 0) is 37.1 Å². The normalized spacial score (nSPS) is 12.2. The summed E-state index contributed by atoms with van der Waals surface area (Å²) in [6.07, 6.45) is 0.463. The van der Waals surface area contributed by atoms with Crippen LogP contribution in [0.3, 0.4) is 0 Å². The Balaban J connectivity index is 2.78. The molecular weight excluding hydrogens is 362 g/mol. The highest BCUT2D eigenvalue weighted by atomic mass is 32.2. The third-order valence-electron chi connectivity index (χ3n) is 3.31. The van der Waals surface area contributed by atoms with Crippen molar-refractivity contribution >= 4 is 33.5 Å². The van der Waals surface area contributed by atoms with E-state index in [1.807, 2.05) is 6.92 Å². The summed E-state index contributed by atoms with van der Waals surface area (Å²) in [4.78, 5) is 33.7. The maximum atomic E-state index is 12.3. The molecule has 0 aliphatic carbocycles. The van der Waals surface area contributed by atoms with E-state index in [4.69, 9.17) is 0 Å². The van der Waals surface area contributed by atoms with Gasteiger partial charge in [0.1, 0.15) is 6.04 Å². The maximum absolute atomic E-state index is 12.3. The number of aliphatic carboxylic acids is 1. The molecule has 0 heterocycles. The molecule has 0 saturated heterocycles. The fraction of sp³-hybridized carbons (Fsp3) is 0.438. The fourth-order valence-electron chi connectivity index (χ4n) is 2.04. The van der Waals surface area contributed by atoms with Gasteiger partial charge in [0.2, 0.25) is 21.8 Å². The Labute approximate surface area is 152 Å². The van der Waals surface area contributed by atoms with Gasteiger partial charge in [-0.3, -0.25) is 14.4 Å². The first-order chi connectivity index (χ1) is 12.2. The highest BCUT2D eigenvalue weighted by molar-refractivity contribution is 7.89. The number of carbonyl (C=O) groups excluding carboxylic acids is 2. The molecule has 0 saturated carbocycles. The maximum Gasteiger partial charge on any atom is 0.321 e. The standard InChI is InChI=1S/C16H23N3O6S/c1-3-10-17-15(21)9-8-14(16(22)23)19-26(24,25)13-6-4-12(5-7-13)18-11(2)20/h4-7,14,19H,3,8-10H2,1-2H3,(H,17,21)(H,18,20)(H,22,23). The predicted molar refractivity (Wildman–Crippen MR) is 95.0 cm³/mol. The number of sulfonamides is 1. The molecule has 1 aromatic carbocycles. The van der Waals surface area contributed by atoms with Gasteiger partial charge < -0.3 is 15.7 Å². The molecule has 4 N–H and O–H groups in total. The average Bonchev–Trinajstić information content (AvgIpc) is 2.56. The molecular formula is C16H23N3O6S. The van der Waals surface area contributed by atoms with E-state index in [1.54, 1.807) is 0 Å². The van der Waals surface area contributed by atoms with E-state index in [0.29, 0.717) is 12.2 Å². The molecule has 0 spiro atoms. The summed E-state index contributed by atoms with van der Waals surface area (Å²) in [6, 6.07) is 3.86. The number of anilines is 1. The molecule has 144 valence electrons. The monoisotopic (exact) mass is 385 g/mol. The molecule has 1 unspecified atom stereocenters. The predicted octanol–water partition coefficient (Wildman–Crippen LogP) is 0.683. The minimum absolute atomic E-state index is 0.110. The molecule has 0 aromatic heterocycles. The van der Waals surface area contributed by atoms with Crippen LogP contribution in [0, 0.1) is 0 Å². The zero-order valence-electron chi connectivity index (χ0n) is 14.6. The van der Waals surface area contributed by atoms with Crippen LogP contribution in [0.4, 0.5) is 5.69 Å². The van der Waals surface area contributed by atoms with E-state index in [-0.39, 0.29) is 29.6 Å². The van der Waals surface area contributed by atoms with Gasteiger partial charge in [0.25, 0.3) is 0 Å². The molecule has 0 aliphatic heterocycles. The number of rotatable bonds is 10. The number of hydrogen-bond donors (Lipinski definition) is 4. The van der Waals surface area contributed by atoms with Crippen LogP contribution in [0.15, 0.2) is 29.2 Å². The Morgan fingerprint density at radius 1 is 1.15 bits per heavy atom. The Morgan fingerprint density at radius 3 is 2.27 bits per heavy atom. The minimum atomic E-state index is -4.09. The molecule has 2 amide bonds. The van der Waals surface area contributed by atoms with Crippen LogP contribution in [0.2, 0.25) is 0 Å². The molecule has 0 aliphatic rings. The summed E-state index contributed by atoms with van der Waals surface area (Å²) in [5, 5.41) is 14.3. The summed E-state index contributed by atoms with van der Waals surface area (Å²) >= 11 is 0. The van der Waals surface area contributed by atoms with Crippen LogP contribution in [0.25, 0.3) is 0 Å². The van der Waals surface area contributed by atoms with Crippen molar-refractivity contribution in [1.29, 1.82) is 0 Å². The zero-order chi connectivity index (χ0) is 19.7. The molecule has 0 radical (unpaired) electrons. The molecule has 0 bridgehead atoms. The van der Waals surface area contributed by atoms with Gasteiger partial charge in [0, 0.05) is 25.6 Å². The summed E-state index contributed by atoms with van der Waals surface area (Å²) in [5.74, 6) is -2.00. The number of carboxylic acids is 1. The number of benzene rings is 1. The van der Waals surface area contributed by atoms with Crippen LogP contribution in [0.1, 0.15) is 33.1 Å². The first-order valence-corrected chi connectivity index (χ1v) is 9.53. The first kappa shape index (κ1) is 21.6. The molecule has 1 rings (SSSR count). The molecule has 0 fully saturated rings. The lowest BCUT2D eigenvalue weighted by molar-refractivity contribution is -0.139. The van der Waals surface area contributed by atoms with E-state index in [9.17, 15) is 27.9 Å². The summed E-state index contributed by atoms with van der Waals surface area (Å²) in [5.41, 5.74) is 0.416. The number of carboxylic acid groups (broad SMARTS) is 1. The molecule has 9 nitrogen and oxygen atoms in total. The topological polar surface area (TPSA) is 142 Å². The molecule has 10 heteroatoms. The van der Waals surface area contributed by atoms with Crippen molar-refractivity contribution in [3.63, 3.8) is 0 Å². The van der Waals surface area contributed by atoms with Crippen LogP contribution < -0.4 is 15.4 Å². The highest BCUT2D eigenvalue weighted by Gasteiger charge is 2.26. The van der Waals surface area contributed by atoms with Crippen molar-refractivity contribution in [2.45, 2.75) is 44.0 Å². The zero-order valence-corrected chi connectivity index (χ0v) is 15.4. The summed E-state index contributed by atoms with van der Waals surface area (Å²) < 4.78 is 26.8. The largest absolute Gasteiger partial charge is 0.480 e. The van der Waals surface area contributed by atoms with Gasteiger partial charge in [-0.2, -0.15) is 4.72 Å². The molecule has 1 atom stereocenters. The number of nitrogens with one attached hydrogen (secondary N) is 3. The Morgan fingerprint density at radius 2 is 1.77 bits per heavy atom. The van der Waals surface area contributed by atoms with Gasteiger partial charge in [-0.1, -0.05) is 6.92 Å². The van der Waals surface area contributed by atoms with E-state index in [2.05, 4.69) is 15.4 Å². The second-order valence-corrected chi connectivity index (χ2v) is 7.32. The van der Waals surface area contributed by atoms with Gasteiger partial charge in [0.15, 0.2) is 0 Å². The fourth-order valence-corrected chi connectivity index (χ4v) is 3.26. The van der Waals surface area contributed by atoms with Crippen LogP contribution >= 0.6 is 0 Å². The SMILES string of the molecule is CCCNC(=O)CCC(NS(=O)(=O)c1ccc(NC(C)=O)cc1)C(=O)O. The van der Waals surface area contributed by atoms with Crippen LogP contribution in [-0.2, 0) is 24.4 Å². The van der Waals surface area contributed by atoms with Gasteiger partial charge in [-0.25, -0.2) is 8.42 Å². The minimum Gasteiger partial charge on any atom is -0.480 e. The second kappa shape index (κ2) is 9.88. The van der Waals surface area contributed by atoms with Crippen molar-refractivity contribution in [2.75, 3.05) is 11.9 Å². The van der Waals surface area contributed by atoms with Crippen molar-refractivity contribution < 1.29 is 27.9 Å². The lowest BCUT2D eigenvalue weighted by Crippen LogP contribution is -2.41. The second-order valence-electron chi connectivity index (χ2n) is 5.61. The van der Waals surface area contributed by atoms with Crippen molar-refractivity contribution in [2.24, 2.45) is 0 Å². The third-order valence-corrected chi connectivity index (χ3v) is 4.80. The number of amides is 2. The van der Waals surface area contributed by atoms with Crippen molar-refractivity contribution in [1.82, 2.24) is 10.0 Å². The third kappa shape index (κ3) is 7.19. The lowest BCUT2D eigenvalue weighted by Gasteiger charge is -2.15. The Hall–Kier alpha value is -2.46. The summed E-state index contributed by atoms with van der Waals surface area (Å²) in [7, 11) is -4.09. The van der Waals surface area contributed by atoms with Crippen LogP contribution in [0.5, 0.6) is 0 Å². The lowest BCUT2D eigenvalue weighted by atomic mass is 10.1. The van der Waals surface area contributed by atoms with E-state index in [1.165, 1.54) is 31.2 Å². The molecule has 26 heavy (non-hydrogen) atoms. The Kier molecular flexibility index (Phi) is 8.20. The van der Waals surface area contributed by atoms with Crippen LogP contribution in [-0.4, -0.2) is 43.9 Å². The van der Waals surface area contributed by atoms with E-state index in [0.717, 1.165) is 6.42 Å². The van der Waals surface area contributed by atoms with Gasteiger partial charge >= 0.3 is 5.97 Å². The van der Waals surface area contributed by atoms with Gasteiger partial charge in [-0.15, -0.1) is 0 Å². The number of hydrogen-bond acceptors (Lipinski definition) is 5.